The molecule has 1 aliphatic heterocycles. The first-order valence-corrected chi connectivity index (χ1v) is 7.18. The van der Waals surface area contributed by atoms with Gasteiger partial charge in [-0.05, 0) is 56.0 Å². The van der Waals surface area contributed by atoms with Crippen molar-refractivity contribution in [2.45, 2.75) is 31.5 Å². The molecule has 1 saturated carbocycles. The number of nitrogens with one attached hydrogen (secondary N) is 1. The van der Waals surface area contributed by atoms with Gasteiger partial charge in [-0.3, -0.25) is 0 Å². The Morgan fingerprint density at radius 3 is 2.40 bits per heavy atom. The van der Waals surface area contributed by atoms with Crippen molar-refractivity contribution in [3.63, 3.8) is 0 Å². The summed E-state index contributed by atoms with van der Waals surface area (Å²) in [4.78, 5) is 2.18. The lowest BCUT2D eigenvalue weighted by atomic mass is 10.1. The molecule has 2 nitrogen and oxygen atoms in total. The fraction of sp³-hybridized carbons (Fsp3) is 0.600. The molecular weight excluding hydrogens is 265 g/mol. The number of benzene rings is 1. The summed E-state index contributed by atoms with van der Waals surface area (Å²) in [6, 6.07) is 6.23. The van der Waals surface area contributed by atoms with Gasteiger partial charge in [0.25, 0.3) is 0 Å². The molecule has 1 aliphatic carbocycles. The van der Waals surface area contributed by atoms with Gasteiger partial charge in [0.1, 0.15) is 0 Å². The Balaban J connectivity index is 1.56. The molecule has 0 bridgehead atoms. The Labute approximate surface area is 117 Å². The van der Waals surface area contributed by atoms with E-state index in [9.17, 15) is 13.2 Å². The smallest absolute Gasteiger partial charge is 0.371 e. The minimum absolute atomic E-state index is 0.576. The third kappa shape index (κ3) is 3.26. The Hall–Kier alpha value is -1.23. The Kier molecular flexibility index (Phi) is 3.63. The monoisotopic (exact) mass is 284 g/mol. The molecule has 110 valence electrons. The molecule has 20 heavy (non-hydrogen) atoms. The first-order valence-electron chi connectivity index (χ1n) is 7.18. The summed E-state index contributed by atoms with van der Waals surface area (Å²) in [7, 11) is 0. The van der Waals surface area contributed by atoms with Crippen LogP contribution >= 0.6 is 0 Å². The number of alkyl halides is 3. The van der Waals surface area contributed by atoms with Crippen molar-refractivity contribution in [2.24, 2.45) is 5.92 Å². The van der Waals surface area contributed by atoms with E-state index >= 15 is 0 Å². The van der Waals surface area contributed by atoms with Crippen LogP contribution in [-0.2, 0) is 6.18 Å². The zero-order chi connectivity index (χ0) is 14.2. The summed E-state index contributed by atoms with van der Waals surface area (Å²) < 4.78 is 37.6. The van der Waals surface area contributed by atoms with E-state index in [1.165, 1.54) is 25.0 Å². The highest BCUT2D eigenvalue weighted by Gasteiger charge is 2.31. The maximum absolute atomic E-state index is 12.5. The zero-order valence-electron chi connectivity index (χ0n) is 11.3. The average Bonchev–Trinajstić information content (AvgIpc) is 3.13. The quantitative estimate of drug-likeness (QED) is 0.912. The van der Waals surface area contributed by atoms with Gasteiger partial charge in [-0.25, -0.2) is 0 Å². The van der Waals surface area contributed by atoms with Crippen LogP contribution in [0, 0.1) is 5.92 Å². The van der Waals surface area contributed by atoms with Crippen LogP contribution in [0.3, 0.4) is 0 Å². The van der Waals surface area contributed by atoms with E-state index in [0.717, 1.165) is 37.8 Å². The van der Waals surface area contributed by atoms with Crippen LogP contribution in [0.1, 0.15) is 24.8 Å². The van der Waals surface area contributed by atoms with Gasteiger partial charge in [0, 0.05) is 24.8 Å². The number of rotatable bonds is 4. The van der Waals surface area contributed by atoms with Gasteiger partial charge in [-0.1, -0.05) is 0 Å². The summed E-state index contributed by atoms with van der Waals surface area (Å²) in [6.07, 6.45) is -0.564. The molecule has 2 aliphatic rings. The highest BCUT2D eigenvalue weighted by atomic mass is 19.4. The normalized spacial score (nSPS) is 23.4. The fourth-order valence-electron chi connectivity index (χ4n) is 2.72. The van der Waals surface area contributed by atoms with Crippen molar-refractivity contribution in [1.82, 2.24) is 5.32 Å². The van der Waals surface area contributed by atoms with E-state index < -0.39 is 11.7 Å². The van der Waals surface area contributed by atoms with Crippen LogP contribution in [0.4, 0.5) is 18.9 Å². The number of anilines is 1. The molecule has 1 N–H and O–H groups in total. The predicted octanol–water partition coefficient (Wildman–Crippen LogP) is 3.28. The van der Waals surface area contributed by atoms with Crippen LogP contribution in [0.25, 0.3) is 0 Å². The van der Waals surface area contributed by atoms with Crippen LogP contribution < -0.4 is 10.2 Å². The largest absolute Gasteiger partial charge is 0.416 e. The van der Waals surface area contributed by atoms with Gasteiger partial charge < -0.3 is 10.2 Å². The van der Waals surface area contributed by atoms with Crippen LogP contribution in [0.15, 0.2) is 24.3 Å². The fourth-order valence-corrected chi connectivity index (χ4v) is 2.72. The number of hydrogen-bond donors (Lipinski definition) is 1. The van der Waals surface area contributed by atoms with Crippen molar-refractivity contribution >= 4 is 5.69 Å². The topological polar surface area (TPSA) is 15.3 Å². The summed E-state index contributed by atoms with van der Waals surface area (Å²) in [5.41, 5.74) is 0.319. The molecule has 1 aromatic carbocycles. The van der Waals surface area contributed by atoms with E-state index in [-0.39, 0.29) is 0 Å². The Bertz CT molecular complexity index is 451. The highest BCUT2D eigenvalue weighted by Crippen LogP contribution is 2.31. The van der Waals surface area contributed by atoms with Crippen molar-refractivity contribution in [1.29, 1.82) is 0 Å². The second kappa shape index (κ2) is 5.28. The first kappa shape index (κ1) is 13.7. The third-order valence-corrected chi connectivity index (χ3v) is 4.12. The second-order valence-electron chi connectivity index (χ2n) is 5.83. The molecule has 5 heteroatoms. The second-order valence-corrected chi connectivity index (χ2v) is 5.83. The average molecular weight is 284 g/mol. The van der Waals surface area contributed by atoms with Crippen molar-refractivity contribution in [3.05, 3.63) is 29.8 Å². The molecule has 2 fully saturated rings. The lowest BCUT2D eigenvalue weighted by molar-refractivity contribution is -0.137. The van der Waals surface area contributed by atoms with Crippen molar-refractivity contribution < 1.29 is 13.2 Å². The zero-order valence-corrected chi connectivity index (χ0v) is 11.3. The maximum atomic E-state index is 12.5. The lowest BCUT2D eigenvalue weighted by Gasteiger charge is -2.19. The summed E-state index contributed by atoms with van der Waals surface area (Å²) in [6.45, 7) is 2.90. The summed E-state index contributed by atoms with van der Waals surface area (Å²) >= 11 is 0. The minimum atomic E-state index is -4.25. The van der Waals surface area contributed by atoms with E-state index in [1.54, 1.807) is 12.1 Å². The maximum Gasteiger partial charge on any atom is 0.416 e. The molecule has 0 aromatic heterocycles. The van der Waals surface area contributed by atoms with Gasteiger partial charge in [-0.15, -0.1) is 0 Å². The first-order chi connectivity index (χ1) is 9.52. The molecule has 1 aromatic rings. The van der Waals surface area contributed by atoms with Gasteiger partial charge in [-0.2, -0.15) is 13.2 Å². The molecule has 0 radical (unpaired) electrons. The van der Waals surface area contributed by atoms with Gasteiger partial charge in [0.15, 0.2) is 0 Å². The standard InChI is InChI=1S/C15H19F3N2/c16-15(17,18)12-1-5-14(6-2-12)20-8-7-11(10-20)9-19-13-3-4-13/h1-2,5-6,11,13,19H,3-4,7-10H2. The van der Waals surface area contributed by atoms with E-state index in [4.69, 9.17) is 0 Å². The van der Waals surface area contributed by atoms with Gasteiger partial charge >= 0.3 is 6.18 Å². The van der Waals surface area contributed by atoms with Crippen molar-refractivity contribution in [2.75, 3.05) is 24.5 Å². The molecule has 1 saturated heterocycles. The van der Waals surface area contributed by atoms with Crippen LogP contribution in [0.2, 0.25) is 0 Å². The van der Waals surface area contributed by atoms with E-state index in [1.807, 2.05) is 0 Å². The predicted molar refractivity (Wildman–Crippen MR) is 72.8 cm³/mol. The molecule has 1 unspecified atom stereocenters. The van der Waals surface area contributed by atoms with E-state index in [0.29, 0.717) is 5.92 Å². The number of nitrogens with zero attached hydrogens (tertiary/aromatic N) is 1. The van der Waals surface area contributed by atoms with E-state index in [2.05, 4.69) is 10.2 Å². The molecule has 3 rings (SSSR count). The van der Waals surface area contributed by atoms with Gasteiger partial charge in [0.2, 0.25) is 0 Å². The van der Waals surface area contributed by atoms with Crippen LogP contribution in [-0.4, -0.2) is 25.7 Å². The lowest BCUT2D eigenvalue weighted by Crippen LogP contribution is -2.27. The summed E-state index contributed by atoms with van der Waals surface area (Å²) in [5, 5.41) is 3.52. The van der Waals surface area contributed by atoms with Crippen molar-refractivity contribution in [3.8, 4) is 0 Å². The van der Waals surface area contributed by atoms with Gasteiger partial charge in [0.05, 0.1) is 5.56 Å². The highest BCUT2D eigenvalue weighted by molar-refractivity contribution is 5.49. The molecular formula is C15H19F3N2. The molecule has 1 heterocycles. The molecule has 1 atom stereocenters. The third-order valence-electron chi connectivity index (χ3n) is 4.12. The Morgan fingerprint density at radius 1 is 1.10 bits per heavy atom. The SMILES string of the molecule is FC(F)(F)c1ccc(N2CCC(CNC3CC3)C2)cc1. The summed E-state index contributed by atoms with van der Waals surface area (Å²) in [5.74, 6) is 0.609. The number of halogens is 3. The number of hydrogen-bond acceptors (Lipinski definition) is 2. The molecule has 0 amide bonds. The Morgan fingerprint density at radius 2 is 1.80 bits per heavy atom. The van der Waals surface area contributed by atoms with Crippen LogP contribution in [0.5, 0.6) is 0 Å². The minimum Gasteiger partial charge on any atom is -0.371 e. The molecule has 0 spiro atoms.